The van der Waals surface area contributed by atoms with Gasteiger partial charge in [0.2, 0.25) is 0 Å². The second-order valence-electron chi connectivity index (χ2n) is 5.73. The van der Waals surface area contributed by atoms with Crippen molar-refractivity contribution in [2.75, 3.05) is 13.2 Å². The molecule has 0 saturated carbocycles. The number of carbonyl (C=O) groups excluding carboxylic acids is 1. The monoisotopic (exact) mass is 311 g/mol. The van der Waals surface area contributed by atoms with E-state index in [2.05, 4.69) is 17.4 Å². The molecule has 1 N–H and O–H groups in total. The summed E-state index contributed by atoms with van der Waals surface area (Å²) in [5.74, 6) is 1.07. The van der Waals surface area contributed by atoms with E-state index in [9.17, 15) is 4.79 Å². The third-order valence-corrected chi connectivity index (χ3v) is 3.90. The number of fused-ring (bicyclic) bond motifs is 1. The van der Waals surface area contributed by atoms with E-state index in [-0.39, 0.29) is 11.9 Å². The molecule has 1 amide bonds. The first-order chi connectivity index (χ1) is 11.2. The summed E-state index contributed by atoms with van der Waals surface area (Å²) in [5.41, 5.74) is 1.82. The lowest BCUT2D eigenvalue weighted by Gasteiger charge is -2.21. The molecule has 0 spiro atoms. The lowest BCUT2D eigenvalue weighted by atomic mass is 10.1. The molecule has 2 aromatic carbocycles. The molecule has 0 aromatic heterocycles. The van der Waals surface area contributed by atoms with Crippen LogP contribution < -0.4 is 14.8 Å². The van der Waals surface area contributed by atoms with Crippen LogP contribution in [-0.4, -0.2) is 25.2 Å². The van der Waals surface area contributed by atoms with Crippen LogP contribution in [0.3, 0.4) is 0 Å². The second-order valence-corrected chi connectivity index (χ2v) is 5.73. The minimum atomic E-state index is -0.118. The molecule has 0 aliphatic carbocycles. The fraction of sp³-hybridized carbons (Fsp3) is 0.316. The second kappa shape index (κ2) is 7.18. The van der Waals surface area contributed by atoms with Crippen LogP contribution in [0, 0.1) is 0 Å². The minimum Gasteiger partial charge on any atom is -0.486 e. The van der Waals surface area contributed by atoms with Crippen molar-refractivity contribution in [3.8, 4) is 11.5 Å². The highest BCUT2D eigenvalue weighted by Crippen LogP contribution is 2.33. The zero-order valence-electron chi connectivity index (χ0n) is 13.2. The van der Waals surface area contributed by atoms with Gasteiger partial charge in [0.25, 0.3) is 5.91 Å². The van der Waals surface area contributed by atoms with Gasteiger partial charge in [-0.2, -0.15) is 0 Å². The number of benzene rings is 2. The van der Waals surface area contributed by atoms with Gasteiger partial charge in [0.1, 0.15) is 13.2 Å². The largest absolute Gasteiger partial charge is 0.486 e. The van der Waals surface area contributed by atoms with E-state index in [0.717, 1.165) is 12.8 Å². The molecule has 3 rings (SSSR count). The fourth-order valence-corrected chi connectivity index (χ4v) is 2.65. The van der Waals surface area contributed by atoms with Gasteiger partial charge >= 0.3 is 0 Å². The number of ether oxygens (including phenoxy) is 2. The molecule has 120 valence electrons. The number of aryl methyl sites for hydroxylation is 1. The quantitative estimate of drug-likeness (QED) is 0.922. The van der Waals surface area contributed by atoms with Crippen molar-refractivity contribution < 1.29 is 14.3 Å². The summed E-state index contributed by atoms with van der Waals surface area (Å²) in [5, 5.41) is 3.04. The van der Waals surface area contributed by atoms with E-state index in [1.165, 1.54) is 5.56 Å². The van der Waals surface area contributed by atoms with Crippen LogP contribution >= 0.6 is 0 Å². The molecule has 4 heteroatoms. The first kappa shape index (κ1) is 15.4. The zero-order chi connectivity index (χ0) is 16.1. The standard InChI is InChI=1S/C19H21NO3/c1-14(10-11-15-6-3-2-4-7-15)20-19(21)16-8-5-9-17-18(16)23-13-12-22-17/h2-9,14H,10-13H2,1H3,(H,20,21)/t14-/m0/s1. The van der Waals surface area contributed by atoms with Crippen molar-refractivity contribution in [1.82, 2.24) is 5.32 Å². The summed E-state index contributed by atoms with van der Waals surface area (Å²) in [6.45, 7) is 3.01. The Hall–Kier alpha value is -2.49. The Labute approximate surface area is 136 Å². The van der Waals surface area contributed by atoms with Crippen LogP contribution in [0.4, 0.5) is 0 Å². The molecule has 0 radical (unpaired) electrons. The summed E-state index contributed by atoms with van der Waals surface area (Å²) in [6.07, 6.45) is 1.83. The average Bonchev–Trinajstić information content (AvgIpc) is 2.60. The number of hydrogen-bond donors (Lipinski definition) is 1. The van der Waals surface area contributed by atoms with E-state index in [1.54, 1.807) is 6.07 Å². The number of para-hydroxylation sites is 1. The van der Waals surface area contributed by atoms with Gasteiger partial charge in [-0.25, -0.2) is 0 Å². The predicted molar refractivity (Wildman–Crippen MR) is 89.1 cm³/mol. The molecule has 0 bridgehead atoms. The number of rotatable bonds is 5. The van der Waals surface area contributed by atoms with Gasteiger partial charge in [-0.05, 0) is 37.5 Å². The highest BCUT2D eigenvalue weighted by Gasteiger charge is 2.21. The molecule has 0 fully saturated rings. The average molecular weight is 311 g/mol. The molecule has 1 aliphatic rings. The molecular weight excluding hydrogens is 290 g/mol. The Kier molecular flexibility index (Phi) is 4.81. The normalized spacial score (nSPS) is 14.1. The molecule has 23 heavy (non-hydrogen) atoms. The van der Waals surface area contributed by atoms with Gasteiger partial charge in [0.15, 0.2) is 11.5 Å². The smallest absolute Gasteiger partial charge is 0.255 e. The lowest BCUT2D eigenvalue weighted by molar-refractivity contribution is 0.0927. The highest BCUT2D eigenvalue weighted by molar-refractivity contribution is 5.98. The van der Waals surface area contributed by atoms with Crippen LogP contribution in [0.2, 0.25) is 0 Å². The lowest BCUT2D eigenvalue weighted by Crippen LogP contribution is -2.33. The van der Waals surface area contributed by atoms with Crippen molar-refractivity contribution in [3.63, 3.8) is 0 Å². The zero-order valence-corrected chi connectivity index (χ0v) is 13.2. The van der Waals surface area contributed by atoms with Crippen LogP contribution in [0.25, 0.3) is 0 Å². The van der Waals surface area contributed by atoms with Crippen LogP contribution in [0.15, 0.2) is 48.5 Å². The summed E-state index contributed by atoms with van der Waals surface area (Å²) >= 11 is 0. The minimum absolute atomic E-state index is 0.0862. The number of nitrogens with one attached hydrogen (secondary N) is 1. The van der Waals surface area contributed by atoms with E-state index >= 15 is 0 Å². The Bertz CT molecular complexity index is 670. The Morgan fingerprint density at radius 3 is 2.70 bits per heavy atom. The Balaban J connectivity index is 1.60. The molecule has 1 atom stereocenters. The van der Waals surface area contributed by atoms with Gasteiger partial charge in [-0.3, -0.25) is 4.79 Å². The predicted octanol–water partition coefficient (Wildman–Crippen LogP) is 3.21. The third-order valence-electron chi connectivity index (χ3n) is 3.90. The summed E-state index contributed by atoms with van der Waals surface area (Å²) in [7, 11) is 0. The van der Waals surface area contributed by atoms with Gasteiger partial charge in [0.05, 0.1) is 5.56 Å². The molecule has 2 aromatic rings. The number of amides is 1. The van der Waals surface area contributed by atoms with E-state index in [1.807, 2.05) is 37.3 Å². The third kappa shape index (κ3) is 3.83. The maximum absolute atomic E-state index is 12.5. The first-order valence-electron chi connectivity index (χ1n) is 7.97. The van der Waals surface area contributed by atoms with Crippen LogP contribution in [0.5, 0.6) is 11.5 Å². The maximum atomic E-state index is 12.5. The topological polar surface area (TPSA) is 47.6 Å². The van der Waals surface area contributed by atoms with E-state index in [4.69, 9.17) is 9.47 Å². The van der Waals surface area contributed by atoms with Gasteiger partial charge in [0, 0.05) is 6.04 Å². The van der Waals surface area contributed by atoms with Crippen molar-refractivity contribution in [2.45, 2.75) is 25.8 Å². The van der Waals surface area contributed by atoms with E-state index in [0.29, 0.717) is 30.3 Å². The Morgan fingerprint density at radius 1 is 1.09 bits per heavy atom. The van der Waals surface area contributed by atoms with Gasteiger partial charge < -0.3 is 14.8 Å². The molecule has 0 saturated heterocycles. The van der Waals surface area contributed by atoms with Crippen molar-refractivity contribution in [2.24, 2.45) is 0 Å². The molecule has 1 aliphatic heterocycles. The van der Waals surface area contributed by atoms with Crippen molar-refractivity contribution in [3.05, 3.63) is 59.7 Å². The van der Waals surface area contributed by atoms with Crippen LogP contribution in [0.1, 0.15) is 29.3 Å². The Morgan fingerprint density at radius 2 is 1.87 bits per heavy atom. The van der Waals surface area contributed by atoms with Crippen LogP contribution in [-0.2, 0) is 6.42 Å². The summed E-state index contributed by atoms with van der Waals surface area (Å²) < 4.78 is 11.1. The fourth-order valence-electron chi connectivity index (χ4n) is 2.65. The highest BCUT2D eigenvalue weighted by atomic mass is 16.6. The van der Waals surface area contributed by atoms with Crippen molar-refractivity contribution in [1.29, 1.82) is 0 Å². The van der Waals surface area contributed by atoms with Gasteiger partial charge in [-0.15, -0.1) is 0 Å². The maximum Gasteiger partial charge on any atom is 0.255 e. The molecule has 0 unspecified atom stereocenters. The summed E-state index contributed by atoms with van der Waals surface area (Å²) in [6, 6.07) is 15.8. The summed E-state index contributed by atoms with van der Waals surface area (Å²) in [4.78, 5) is 12.5. The number of carbonyl (C=O) groups is 1. The SMILES string of the molecule is C[C@@H](CCc1ccccc1)NC(=O)c1cccc2c1OCCO2. The molecule has 4 nitrogen and oxygen atoms in total. The van der Waals surface area contributed by atoms with E-state index < -0.39 is 0 Å². The molecular formula is C19H21NO3. The first-order valence-corrected chi connectivity index (χ1v) is 7.97. The van der Waals surface area contributed by atoms with Gasteiger partial charge in [-0.1, -0.05) is 36.4 Å². The molecule has 1 heterocycles. The van der Waals surface area contributed by atoms with Crippen molar-refractivity contribution >= 4 is 5.91 Å². The number of hydrogen-bond acceptors (Lipinski definition) is 3.